The van der Waals surface area contributed by atoms with Gasteiger partial charge in [0.2, 0.25) is 11.8 Å². The van der Waals surface area contributed by atoms with Crippen molar-refractivity contribution in [3.8, 4) is 0 Å². The minimum Gasteiger partial charge on any atom is -0.362 e. The Labute approximate surface area is 194 Å². The van der Waals surface area contributed by atoms with E-state index in [0.29, 0.717) is 30.9 Å². The van der Waals surface area contributed by atoms with Crippen LogP contribution in [0.3, 0.4) is 0 Å². The number of sulfonamides is 1. The van der Waals surface area contributed by atoms with Crippen molar-refractivity contribution < 1.29 is 18.0 Å². The van der Waals surface area contributed by atoms with Crippen molar-refractivity contribution >= 4 is 39.0 Å². The molecule has 0 bridgehead atoms. The first-order chi connectivity index (χ1) is 15.7. The van der Waals surface area contributed by atoms with Gasteiger partial charge in [-0.25, -0.2) is 0 Å². The van der Waals surface area contributed by atoms with E-state index in [1.165, 1.54) is 24.3 Å². The highest BCUT2D eigenvalue weighted by Gasteiger charge is 2.37. The van der Waals surface area contributed by atoms with Crippen LogP contribution in [0.15, 0.2) is 51.8 Å². The number of carbonyl (C=O) groups is 2. The first kappa shape index (κ1) is 23.0. The van der Waals surface area contributed by atoms with Crippen LogP contribution in [0.5, 0.6) is 0 Å². The number of amides is 2. The van der Waals surface area contributed by atoms with Crippen LogP contribution in [-0.4, -0.2) is 51.1 Å². The van der Waals surface area contributed by atoms with E-state index in [-0.39, 0.29) is 10.8 Å². The lowest BCUT2D eigenvalue weighted by atomic mass is 10.1. The Balaban J connectivity index is 1.43. The maximum absolute atomic E-state index is 12.9. The molecule has 4 rings (SSSR count). The number of rotatable bonds is 5. The van der Waals surface area contributed by atoms with Crippen LogP contribution in [0.2, 0.25) is 0 Å². The molecule has 2 saturated heterocycles. The summed E-state index contributed by atoms with van der Waals surface area (Å²) in [5.74, 6) is -0.846. The molecule has 0 radical (unpaired) electrons. The highest BCUT2D eigenvalue weighted by atomic mass is 32.2. The van der Waals surface area contributed by atoms with E-state index in [4.69, 9.17) is 0 Å². The molecule has 1 atom stereocenters. The smallest absolute Gasteiger partial charge is 0.283 e. The number of aryl methyl sites for hydroxylation is 2. The summed E-state index contributed by atoms with van der Waals surface area (Å²) in [6, 6.07) is 11.7. The highest BCUT2D eigenvalue weighted by Crippen LogP contribution is 2.28. The summed E-state index contributed by atoms with van der Waals surface area (Å²) in [6.07, 6.45) is 1.95. The highest BCUT2D eigenvalue weighted by molar-refractivity contribution is 7.90. The van der Waals surface area contributed by atoms with Crippen LogP contribution >= 0.6 is 0 Å². The Kier molecular flexibility index (Phi) is 6.25. The minimum atomic E-state index is -3.82. The summed E-state index contributed by atoms with van der Waals surface area (Å²) in [5.41, 5.74) is 3.46. The fourth-order valence-corrected chi connectivity index (χ4v) is 5.21. The van der Waals surface area contributed by atoms with E-state index in [0.717, 1.165) is 29.8 Å². The maximum atomic E-state index is 12.9. The molecule has 2 aromatic rings. The molecule has 2 aliphatic heterocycles. The molecule has 33 heavy (non-hydrogen) atoms. The van der Waals surface area contributed by atoms with E-state index < -0.39 is 21.8 Å². The number of amidine groups is 1. The number of likely N-dealkylation sites (tertiary alicyclic amines) is 1. The molecular weight excluding hydrogens is 440 g/mol. The van der Waals surface area contributed by atoms with Crippen molar-refractivity contribution in [3.05, 3.63) is 53.6 Å². The summed E-state index contributed by atoms with van der Waals surface area (Å²) in [5, 5.41) is 2.74. The molecule has 2 amide bonds. The maximum Gasteiger partial charge on any atom is 0.283 e. The Morgan fingerprint density at radius 2 is 1.79 bits per heavy atom. The van der Waals surface area contributed by atoms with Crippen LogP contribution < -0.4 is 10.2 Å². The van der Waals surface area contributed by atoms with Gasteiger partial charge in [-0.05, 0) is 74.2 Å². The van der Waals surface area contributed by atoms with Gasteiger partial charge in [0, 0.05) is 37.9 Å². The second kappa shape index (κ2) is 8.97. The number of nitrogens with one attached hydrogen (secondary N) is 1. The largest absolute Gasteiger partial charge is 0.362 e. The number of anilines is 2. The lowest BCUT2D eigenvalue weighted by Crippen LogP contribution is -2.33. The fourth-order valence-electron chi connectivity index (χ4n) is 4.11. The fraction of sp³-hybridized carbons (Fsp3) is 0.375. The van der Waals surface area contributed by atoms with Gasteiger partial charge in [0.15, 0.2) is 0 Å². The average Bonchev–Trinajstić information content (AvgIpc) is 3.35. The molecular formula is C24H28N4O4S. The SMILES string of the molecule is Cc1ccc(N2CCC(C(=O)Nc3ccc(S(=O)(=O)/N=C4\CCCN4C)cc3)C2=O)cc1C. The zero-order valence-corrected chi connectivity index (χ0v) is 19.9. The van der Waals surface area contributed by atoms with Gasteiger partial charge in [0.1, 0.15) is 11.8 Å². The Morgan fingerprint density at radius 1 is 1.06 bits per heavy atom. The molecule has 1 N–H and O–H groups in total. The quantitative estimate of drug-likeness (QED) is 0.680. The van der Waals surface area contributed by atoms with Gasteiger partial charge >= 0.3 is 0 Å². The lowest BCUT2D eigenvalue weighted by Gasteiger charge is -2.18. The normalized spacial score (nSPS) is 20.0. The molecule has 2 aliphatic rings. The van der Waals surface area contributed by atoms with Crippen LogP contribution in [0.25, 0.3) is 0 Å². The number of hydrogen-bond acceptors (Lipinski definition) is 4. The molecule has 174 valence electrons. The lowest BCUT2D eigenvalue weighted by molar-refractivity contribution is -0.129. The van der Waals surface area contributed by atoms with Crippen molar-refractivity contribution in [1.29, 1.82) is 0 Å². The molecule has 2 fully saturated rings. The summed E-state index contributed by atoms with van der Waals surface area (Å²) < 4.78 is 29.1. The third-order valence-electron chi connectivity index (χ3n) is 6.30. The van der Waals surface area contributed by atoms with Crippen molar-refractivity contribution in [1.82, 2.24) is 4.90 Å². The molecule has 0 aromatic heterocycles. The zero-order valence-electron chi connectivity index (χ0n) is 19.0. The first-order valence-electron chi connectivity index (χ1n) is 11.0. The summed E-state index contributed by atoms with van der Waals surface area (Å²) in [4.78, 5) is 29.2. The molecule has 9 heteroatoms. The van der Waals surface area contributed by atoms with Gasteiger partial charge in [-0.3, -0.25) is 9.59 Å². The summed E-state index contributed by atoms with van der Waals surface area (Å²) >= 11 is 0. The Morgan fingerprint density at radius 3 is 2.42 bits per heavy atom. The van der Waals surface area contributed by atoms with Crippen molar-refractivity contribution in [2.24, 2.45) is 10.3 Å². The summed E-state index contributed by atoms with van der Waals surface area (Å²) in [7, 11) is -1.99. The van der Waals surface area contributed by atoms with E-state index in [9.17, 15) is 18.0 Å². The van der Waals surface area contributed by atoms with E-state index in [1.807, 2.05) is 44.0 Å². The summed E-state index contributed by atoms with van der Waals surface area (Å²) in [6.45, 7) is 5.27. The third-order valence-corrected chi connectivity index (χ3v) is 7.62. The number of carbonyl (C=O) groups excluding carboxylic acids is 2. The predicted molar refractivity (Wildman–Crippen MR) is 128 cm³/mol. The molecule has 1 unspecified atom stereocenters. The molecule has 8 nitrogen and oxygen atoms in total. The molecule has 2 heterocycles. The monoisotopic (exact) mass is 468 g/mol. The van der Waals surface area contributed by atoms with Crippen molar-refractivity contribution in [3.63, 3.8) is 0 Å². The molecule has 0 aliphatic carbocycles. The Bertz CT molecular complexity index is 1220. The van der Waals surface area contributed by atoms with Crippen LogP contribution in [0, 0.1) is 19.8 Å². The number of hydrogen-bond donors (Lipinski definition) is 1. The van der Waals surface area contributed by atoms with E-state index >= 15 is 0 Å². The topological polar surface area (TPSA) is 99.2 Å². The van der Waals surface area contributed by atoms with Gasteiger partial charge in [0.25, 0.3) is 10.0 Å². The predicted octanol–water partition coefficient (Wildman–Crippen LogP) is 3.11. The van der Waals surface area contributed by atoms with Crippen LogP contribution in [0.4, 0.5) is 11.4 Å². The first-order valence-corrected chi connectivity index (χ1v) is 12.4. The molecule has 0 saturated carbocycles. The standard InChI is InChI=1S/C24H28N4O4S/c1-16-6-9-19(15-17(16)2)28-14-12-21(24(28)30)23(29)25-18-7-10-20(11-8-18)33(31,32)26-22-5-4-13-27(22)3/h6-11,15,21H,4-5,12-14H2,1-3H3,(H,25,29)/b26-22+. The van der Waals surface area contributed by atoms with Gasteiger partial charge in [-0.15, -0.1) is 4.40 Å². The van der Waals surface area contributed by atoms with Crippen LogP contribution in [0.1, 0.15) is 30.4 Å². The average molecular weight is 469 g/mol. The van der Waals surface area contributed by atoms with Gasteiger partial charge in [0.05, 0.1) is 4.90 Å². The van der Waals surface area contributed by atoms with E-state index in [2.05, 4.69) is 9.71 Å². The zero-order chi connectivity index (χ0) is 23.8. The van der Waals surface area contributed by atoms with Gasteiger partial charge in [-0.1, -0.05) is 6.07 Å². The van der Waals surface area contributed by atoms with Gasteiger partial charge in [-0.2, -0.15) is 8.42 Å². The van der Waals surface area contributed by atoms with Crippen molar-refractivity contribution in [2.45, 2.75) is 38.0 Å². The number of benzene rings is 2. The van der Waals surface area contributed by atoms with Gasteiger partial charge < -0.3 is 15.1 Å². The molecule has 0 spiro atoms. The Hall–Kier alpha value is -3.20. The molecule has 2 aromatic carbocycles. The second-order valence-corrected chi connectivity index (χ2v) is 10.2. The second-order valence-electron chi connectivity index (χ2n) is 8.62. The third kappa shape index (κ3) is 4.78. The van der Waals surface area contributed by atoms with E-state index in [1.54, 1.807) is 4.90 Å². The van der Waals surface area contributed by atoms with Crippen molar-refractivity contribution in [2.75, 3.05) is 30.4 Å². The van der Waals surface area contributed by atoms with Crippen LogP contribution in [-0.2, 0) is 19.6 Å². The minimum absolute atomic E-state index is 0.0613. The number of nitrogens with zero attached hydrogens (tertiary/aromatic N) is 3.